The molecule has 0 amide bonds. The average Bonchev–Trinajstić information content (AvgIpc) is 2.90. The second-order valence-electron chi connectivity index (χ2n) is 3.41. The van der Waals surface area contributed by atoms with Gasteiger partial charge in [-0.1, -0.05) is 0 Å². The van der Waals surface area contributed by atoms with Crippen LogP contribution >= 0.6 is 0 Å². The maximum Gasteiger partial charge on any atom is 0.165 e. The topological polar surface area (TPSA) is 98.3 Å². The first-order chi connectivity index (χ1) is 7.84. The van der Waals surface area contributed by atoms with Crippen LogP contribution in [0.4, 0.5) is 5.82 Å². The summed E-state index contributed by atoms with van der Waals surface area (Å²) in [7, 11) is 0. The molecular weight excluding hydrogens is 206 g/mol. The van der Waals surface area contributed by atoms with Crippen LogP contribution in [0.2, 0.25) is 0 Å². The third-order valence-electron chi connectivity index (χ3n) is 2.34. The second kappa shape index (κ2) is 3.30. The minimum Gasteiger partial charge on any atom is -0.382 e. The van der Waals surface area contributed by atoms with Crippen LogP contribution in [0.5, 0.6) is 0 Å². The zero-order chi connectivity index (χ0) is 11.0. The molecule has 0 fully saturated rings. The molecule has 0 aromatic carbocycles. The molecule has 3 aromatic rings. The highest BCUT2D eigenvalue weighted by Gasteiger charge is 2.07. The SMILES string of the molecule is Nc1ncnc2c1ncn2Cc1cn[nH]c1. The molecule has 7 nitrogen and oxygen atoms in total. The number of hydrogen-bond acceptors (Lipinski definition) is 5. The first-order valence-corrected chi connectivity index (χ1v) is 4.73. The van der Waals surface area contributed by atoms with Crippen LogP contribution in [0.3, 0.4) is 0 Å². The Kier molecular flexibility index (Phi) is 1.82. The Bertz CT molecular complexity index is 610. The number of aromatic nitrogens is 6. The van der Waals surface area contributed by atoms with Crippen LogP contribution in [0, 0.1) is 0 Å². The fourth-order valence-electron chi connectivity index (χ4n) is 1.58. The molecule has 0 bridgehead atoms. The van der Waals surface area contributed by atoms with E-state index in [1.807, 2.05) is 10.8 Å². The molecule has 0 radical (unpaired) electrons. The van der Waals surface area contributed by atoms with Crippen molar-refractivity contribution in [2.75, 3.05) is 5.73 Å². The van der Waals surface area contributed by atoms with Gasteiger partial charge in [0.1, 0.15) is 11.8 Å². The predicted octanol–water partition coefficient (Wildman–Crippen LogP) is 0.180. The van der Waals surface area contributed by atoms with E-state index in [1.54, 1.807) is 12.5 Å². The molecule has 3 heterocycles. The number of nitrogen functional groups attached to an aromatic ring is 1. The van der Waals surface area contributed by atoms with Gasteiger partial charge in [-0.05, 0) is 0 Å². The van der Waals surface area contributed by atoms with Crippen LogP contribution in [0.15, 0.2) is 25.0 Å². The molecule has 0 unspecified atom stereocenters. The molecule has 0 saturated heterocycles. The molecule has 80 valence electrons. The zero-order valence-electron chi connectivity index (χ0n) is 8.33. The summed E-state index contributed by atoms with van der Waals surface area (Å²) >= 11 is 0. The van der Waals surface area contributed by atoms with Crippen molar-refractivity contribution < 1.29 is 0 Å². The van der Waals surface area contributed by atoms with Crippen molar-refractivity contribution in [3.63, 3.8) is 0 Å². The number of nitrogens with zero attached hydrogens (tertiary/aromatic N) is 5. The van der Waals surface area contributed by atoms with Crippen LogP contribution < -0.4 is 5.73 Å². The summed E-state index contributed by atoms with van der Waals surface area (Å²) < 4.78 is 1.90. The van der Waals surface area contributed by atoms with E-state index in [0.29, 0.717) is 17.9 Å². The van der Waals surface area contributed by atoms with E-state index in [4.69, 9.17) is 5.73 Å². The van der Waals surface area contributed by atoms with Crippen molar-refractivity contribution in [3.8, 4) is 0 Å². The molecule has 0 aliphatic heterocycles. The normalized spacial score (nSPS) is 11.0. The largest absolute Gasteiger partial charge is 0.382 e. The summed E-state index contributed by atoms with van der Waals surface area (Å²) in [6, 6.07) is 0. The van der Waals surface area contributed by atoms with Gasteiger partial charge in [0.05, 0.1) is 19.1 Å². The Morgan fingerprint density at radius 1 is 1.31 bits per heavy atom. The highest BCUT2D eigenvalue weighted by Crippen LogP contribution is 2.15. The lowest BCUT2D eigenvalue weighted by atomic mass is 10.3. The van der Waals surface area contributed by atoms with Crippen LogP contribution in [-0.4, -0.2) is 29.7 Å². The Morgan fingerprint density at radius 3 is 3.06 bits per heavy atom. The molecule has 3 N–H and O–H groups in total. The lowest BCUT2D eigenvalue weighted by molar-refractivity contribution is 0.814. The first-order valence-electron chi connectivity index (χ1n) is 4.73. The Morgan fingerprint density at radius 2 is 2.25 bits per heavy atom. The summed E-state index contributed by atoms with van der Waals surface area (Å²) in [5, 5.41) is 6.64. The molecule has 0 spiro atoms. The number of nitrogens with one attached hydrogen (secondary N) is 1. The fourth-order valence-corrected chi connectivity index (χ4v) is 1.58. The van der Waals surface area contributed by atoms with Crippen LogP contribution in [0.25, 0.3) is 11.2 Å². The molecule has 0 atom stereocenters. The lowest BCUT2D eigenvalue weighted by Gasteiger charge is -2.00. The number of H-pyrrole nitrogens is 1. The maximum atomic E-state index is 5.70. The molecule has 16 heavy (non-hydrogen) atoms. The fraction of sp³-hybridized carbons (Fsp3) is 0.111. The minimum atomic E-state index is 0.399. The number of anilines is 1. The first kappa shape index (κ1) is 8.84. The Balaban J connectivity index is 2.08. The van der Waals surface area contributed by atoms with Crippen molar-refractivity contribution in [2.24, 2.45) is 0 Å². The molecule has 0 aliphatic rings. The molecule has 0 saturated carbocycles. The Labute approximate surface area is 90.4 Å². The van der Waals surface area contributed by atoms with E-state index in [2.05, 4.69) is 25.1 Å². The van der Waals surface area contributed by atoms with Gasteiger partial charge in [-0.2, -0.15) is 5.10 Å². The van der Waals surface area contributed by atoms with Gasteiger partial charge in [-0.3, -0.25) is 5.10 Å². The molecule has 0 aliphatic carbocycles. The predicted molar refractivity (Wildman–Crippen MR) is 57.4 cm³/mol. The molecular formula is C9H9N7. The van der Waals surface area contributed by atoms with Crippen LogP contribution in [0.1, 0.15) is 5.56 Å². The van der Waals surface area contributed by atoms with Crippen molar-refractivity contribution in [2.45, 2.75) is 6.54 Å². The smallest absolute Gasteiger partial charge is 0.165 e. The van der Waals surface area contributed by atoms with Gasteiger partial charge in [0.15, 0.2) is 11.5 Å². The monoisotopic (exact) mass is 215 g/mol. The van der Waals surface area contributed by atoms with E-state index in [9.17, 15) is 0 Å². The summed E-state index contributed by atoms with van der Waals surface area (Å²) in [6.45, 7) is 0.656. The van der Waals surface area contributed by atoms with Gasteiger partial charge in [-0.25, -0.2) is 15.0 Å². The molecule has 3 rings (SSSR count). The van der Waals surface area contributed by atoms with Crippen LogP contribution in [-0.2, 0) is 6.54 Å². The zero-order valence-corrected chi connectivity index (χ0v) is 8.33. The highest BCUT2D eigenvalue weighted by atomic mass is 15.1. The third kappa shape index (κ3) is 1.29. The quantitative estimate of drug-likeness (QED) is 0.635. The van der Waals surface area contributed by atoms with E-state index in [1.165, 1.54) is 6.33 Å². The second-order valence-corrected chi connectivity index (χ2v) is 3.41. The van der Waals surface area contributed by atoms with E-state index < -0.39 is 0 Å². The van der Waals surface area contributed by atoms with Gasteiger partial charge in [0.2, 0.25) is 0 Å². The summed E-state index contributed by atoms with van der Waals surface area (Å²) in [4.78, 5) is 12.2. The minimum absolute atomic E-state index is 0.399. The molecule has 3 aromatic heterocycles. The van der Waals surface area contributed by atoms with Gasteiger partial charge in [0.25, 0.3) is 0 Å². The number of nitrogens with two attached hydrogens (primary N) is 1. The van der Waals surface area contributed by atoms with Crippen molar-refractivity contribution >= 4 is 17.0 Å². The van der Waals surface area contributed by atoms with E-state index >= 15 is 0 Å². The van der Waals surface area contributed by atoms with Gasteiger partial charge in [-0.15, -0.1) is 0 Å². The van der Waals surface area contributed by atoms with Crippen molar-refractivity contribution in [1.29, 1.82) is 0 Å². The lowest BCUT2D eigenvalue weighted by Crippen LogP contribution is -1.99. The van der Waals surface area contributed by atoms with Gasteiger partial charge < -0.3 is 10.3 Å². The number of aromatic amines is 1. The number of rotatable bonds is 2. The van der Waals surface area contributed by atoms with Gasteiger partial charge in [0, 0.05) is 11.8 Å². The van der Waals surface area contributed by atoms with Gasteiger partial charge >= 0.3 is 0 Å². The standard InChI is InChI=1S/C9H9N7/c10-8-7-9(12-4-11-8)16(5-13-7)3-6-1-14-15-2-6/h1-2,4-5H,3H2,(H,14,15)(H2,10,11,12). The number of fused-ring (bicyclic) bond motifs is 1. The van der Waals surface area contributed by atoms with E-state index in [-0.39, 0.29) is 0 Å². The van der Waals surface area contributed by atoms with Crippen molar-refractivity contribution in [3.05, 3.63) is 30.6 Å². The number of imidazole rings is 1. The summed E-state index contributed by atoms with van der Waals surface area (Å²) in [5.41, 5.74) is 8.11. The molecule has 7 heteroatoms. The maximum absolute atomic E-state index is 5.70. The summed E-state index contributed by atoms with van der Waals surface area (Å²) in [6.07, 6.45) is 6.72. The van der Waals surface area contributed by atoms with Crippen molar-refractivity contribution in [1.82, 2.24) is 29.7 Å². The highest BCUT2D eigenvalue weighted by molar-refractivity contribution is 5.81. The average molecular weight is 215 g/mol. The van der Waals surface area contributed by atoms with E-state index in [0.717, 1.165) is 11.2 Å². The number of hydrogen-bond donors (Lipinski definition) is 2. The summed E-state index contributed by atoms with van der Waals surface area (Å²) in [5.74, 6) is 0.399. The Hall–Kier alpha value is -2.44. The third-order valence-corrected chi connectivity index (χ3v) is 2.34.